The van der Waals surface area contributed by atoms with E-state index in [0.717, 1.165) is 19.5 Å². The fourth-order valence-corrected chi connectivity index (χ4v) is 3.29. The normalized spacial score (nSPS) is 30.3. The molecule has 2 unspecified atom stereocenters. The fraction of sp³-hybridized carbons (Fsp3) is 0.786. The summed E-state index contributed by atoms with van der Waals surface area (Å²) in [7, 11) is 0. The van der Waals surface area contributed by atoms with Crippen LogP contribution in [0.2, 0.25) is 0 Å². The van der Waals surface area contributed by atoms with E-state index in [1.807, 2.05) is 6.33 Å². The van der Waals surface area contributed by atoms with Gasteiger partial charge in [0.25, 0.3) is 0 Å². The molecule has 1 saturated carbocycles. The molecule has 0 amide bonds. The molecule has 0 radical (unpaired) electrons. The number of H-pyrrole nitrogens is 1. The molecule has 18 heavy (non-hydrogen) atoms. The number of nitrogens with zero attached hydrogens (tertiary/aromatic N) is 1. The van der Waals surface area contributed by atoms with Crippen LogP contribution >= 0.6 is 0 Å². The van der Waals surface area contributed by atoms with Gasteiger partial charge in [-0.25, -0.2) is 4.98 Å². The average molecular weight is 248 g/mol. The van der Waals surface area contributed by atoms with Crippen LogP contribution in [0.25, 0.3) is 0 Å². The monoisotopic (exact) mass is 248 g/mol. The molecule has 1 aromatic heterocycles. The molecule has 2 atom stereocenters. The van der Waals surface area contributed by atoms with Crippen molar-refractivity contribution in [3.63, 3.8) is 0 Å². The Balaban J connectivity index is 1.48. The molecule has 2 aliphatic rings. The summed E-state index contributed by atoms with van der Waals surface area (Å²) < 4.78 is 0. The van der Waals surface area contributed by atoms with E-state index < -0.39 is 0 Å². The average Bonchev–Trinajstić information content (AvgIpc) is 2.92. The highest BCUT2D eigenvalue weighted by Crippen LogP contribution is 2.36. The van der Waals surface area contributed by atoms with Crippen molar-refractivity contribution in [2.75, 3.05) is 6.54 Å². The third-order valence-electron chi connectivity index (χ3n) is 4.44. The number of imidazole rings is 1. The zero-order valence-corrected chi connectivity index (χ0v) is 11.4. The first kappa shape index (κ1) is 12.2. The van der Waals surface area contributed by atoms with Crippen LogP contribution in [0, 0.1) is 5.41 Å². The highest BCUT2D eigenvalue weighted by molar-refractivity contribution is 5.16. The van der Waals surface area contributed by atoms with Crippen molar-refractivity contribution >= 4 is 0 Å². The third-order valence-corrected chi connectivity index (χ3v) is 4.44. The molecule has 2 heterocycles. The van der Waals surface area contributed by atoms with E-state index in [9.17, 15) is 0 Å². The molecule has 0 spiro atoms. The quantitative estimate of drug-likeness (QED) is 0.761. The lowest BCUT2D eigenvalue weighted by atomic mass is 9.92. The summed E-state index contributed by atoms with van der Waals surface area (Å²) in [6, 6.07) is 1.24. The lowest BCUT2D eigenvalue weighted by Crippen LogP contribution is -2.45. The van der Waals surface area contributed by atoms with Crippen LogP contribution in [0.4, 0.5) is 0 Å². The highest BCUT2D eigenvalue weighted by atomic mass is 15.0. The van der Waals surface area contributed by atoms with Gasteiger partial charge in [0.1, 0.15) is 0 Å². The second-order valence-corrected chi connectivity index (χ2v) is 6.62. The standard InChI is InChI=1S/C14H24N4/c1-14(2)4-3-10(6-14)15-7-11-5-12-13(8-16-11)18-9-17-12/h9-11,15-16H,3-8H2,1-2H3,(H,17,18). The van der Waals surface area contributed by atoms with Crippen molar-refractivity contribution in [3.8, 4) is 0 Å². The van der Waals surface area contributed by atoms with Gasteiger partial charge in [0.15, 0.2) is 0 Å². The maximum atomic E-state index is 4.39. The first-order valence-corrected chi connectivity index (χ1v) is 7.10. The molecule has 3 N–H and O–H groups in total. The molecule has 4 heteroatoms. The van der Waals surface area contributed by atoms with E-state index in [1.165, 1.54) is 30.7 Å². The molecular formula is C14H24N4. The van der Waals surface area contributed by atoms with E-state index >= 15 is 0 Å². The van der Waals surface area contributed by atoms with Gasteiger partial charge in [-0.1, -0.05) is 13.8 Å². The second kappa shape index (κ2) is 4.67. The second-order valence-electron chi connectivity index (χ2n) is 6.62. The van der Waals surface area contributed by atoms with Crippen molar-refractivity contribution < 1.29 is 0 Å². The van der Waals surface area contributed by atoms with Gasteiger partial charge in [-0.05, 0) is 24.7 Å². The van der Waals surface area contributed by atoms with Crippen molar-refractivity contribution in [2.24, 2.45) is 5.41 Å². The van der Waals surface area contributed by atoms with Gasteiger partial charge in [-0.3, -0.25) is 0 Å². The molecule has 3 rings (SSSR count). The smallest absolute Gasteiger partial charge is 0.0925 e. The van der Waals surface area contributed by atoms with Crippen LogP contribution in [0.1, 0.15) is 44.5 Å². The summed E-state index contributed by atoms with van der Waals surface area (Å²) in [5, 5.41) is 7.30. The van der Waals surface area contributed by atoms with Crippen LogP contribution < -0.4 is 10.6 Å². The van der Waals surface area contributed by atoms with Gasteiger partial charge >= 0.3 is 0 Å². The predicted molar refractivity (Wildman–Crippen MR) is 72.3 cm³/mol. The maximum absolute atomic E-state index is 4.39. The Bertz CT molecular complexity index is 410. The summed E-state index contributed by atoms with van der Waals surface area (Å²) in [6.45, 7) is 6.75. The van der Waals surface area contributed by atoms with Gasteiger partial charge in [0.2, 0.25) is 0 Å². The molecule has 4 nitrogen and oxygen atoms in total. The van der Waals surface area contributed by atoms with Crippen LogP contribution in [0.5, 0.6) is 0 Å². The lowest BCUT2D eigenvalue weighted by molar-refractivity contribution is 0.354. The molecule has 1 aliphatic heterocycles. The Kier molecular flexibility index (Phi) is 3.16. The van der Waals surface area contributed by atoms with E-state index in [0.29, 0.717) is 17.5 Å². The van der Waals surface area contributed by atoms with Crippen molar-refractivity contribution in [3.05, 3.63) is 17.7 Å². The lowest BCUT2D eigenvalue weighted by Gasteiger charge is -2.25. The van der Waals surface area contributed by atoms with Crippen LogP contribution in [0.3, 0.4) is 0 Å². The van der Waals surface area contributed by atoms with Gasteiger partial charge in [0, 0.05) is 31.6 Å². The Hall–Kier alpha value is -0.870. The van der Waals surface area contributed by atoms with Gasteiger partial charge < -0.3 is 15.6 Å². The molecule has 1 aliphatic carbocycles. The Morgan fingerprint density at radius 1 is 1.50 bits per heavy atom. The Morgan fingerprint density at radius 2 is 2.39 bits per heavy atom. The molecule has 1 aromatic rings. The molecule has 0 bridgehead atoms. The van der Waals surface area contributed by atoms with Crippen molar-refractivity contribution in [1.82, 2.24) is 20.6 Å². The molecule has 1 fully saturated rings. The largest absolute Gasteiger partial charge is 0.347 e. The van der Waals surface area contributed by atoms with Crippen LogP contribution in [0.15, 0.2) is 6.33 Å². The Labute approximate surface area is 109 Å². The van der Waals surface area contributed by atoms with Gasteiger partial charge in [-0.2, -0.15) is 0 Å². The van der Waals surface area contributed by atoms with Crippen molar-refractivity contribution in [2.45, 2.75) is 58.2 Å². The van der Waals surface area contributed by atoms with E-state index in [4.69, 9.17) is 0 Å². The number of aromatic amines is 1. The summed E-state index contributed by atoms with van der Waals surface area (Å²) >= 11 is 0. The summed E-state index contributed by atoms with van der Waals surface area (Å²) in [6.07, 6.45) is 6.84. The summed E-state index contributed by atoms with van der Waals surface area (Å²) in [5.74, 6) is 0. The minimum Gasteiger partial charge on any atom is -0.347 e. The number of rotatable bonds is 3. The van der Waals surface area contributed by atoms with Gasteiger partial charge in [0.05, 0.1) is 17.7 Å². The number of hydrogen-bond donors (Lipinski definition) is 3. The number of fused-ring (bicyclic) bond motifs is 1. The number of aromatic nitrogens is 2. The molecule has 100 valence electrons. The van der Waals surface area contributed by atoms with E-state index in [-0.39, 0.29) is 0 Å². The number of hydrogen-bond acceptors (Lipinski definition) is 3. The predicted octanol–water partition coefficient (Wildman–Crippen LogP) is 1.59. The maximum Gasteiger partial charge on any atom is 0.0925 e. The first-order chi connectivity index (χ1) is 8.62. The molecule has 0 saturated heterocycles. The first-order valence-electron chi connectivity index (χ1n) is 7.10. The van der Waals surface area contributed by atoms with E-state index in [1.54, 1.807) is 0 Å². The van der Waals surface area contributed by atoms with Crippen LogP contribution in [-0.2, 0) is 13.0 Å². The number of nitrogens with one attached hydrogen (secondary N) is 3. The van der Waals surface area contributed by atoms with Crippen molar-refractivity contribution in [1.29, 1.82) is 0 Å². The molecular weight excluding hydrogens is 224 g/mol. The van der Waals surface area contributed by atoms with E-state index in [2.05, 4.69) is 34.4 Å². The summed E-state index contributed by atoms with van der Waals surface area (Å²) in [5.41, 5.74) is 3.04. The zero-order chi connectivity index (χ0) is 12.6. The molecule has 0 aromatic carbocycles. The minimum absolute atomic E-state index is 0.532. The topological polar surface area (TPSA) is 52.7 Å². The fourth-order valence-electron chi connectivity index (χ4n) is 3.29. The van der Waals surface area contributed by atoms with Gasteiger partial charge in [-0.15, -0.1) is 0 Å². The zero-order valence-electron chi connectivity index (χ0n) is 11.4. The van der Waals surface area contributed by atoms with Crippen LogP contribution in [-0.4, -0.2) is 28.6 Å². The minimum atomic E-state index is 0.532. The SMILES string of the molecule is CC1(C)CCC(NCC2Cc3nc[nH]c3CN2)C1. The third kappa shape index (κ3) is 2.59. The Morgan fingerprint density at radius 3 is 3.17 bits per heavy atom. The summed E-state index contributed by atoms with van der Waals surface area (Å²) in [4.78, 5) is 7.58. The highest BCUT2D eigenvalue weighted by Gasteiger charge is 2.31.